The summed E-state index contributed by atoms with van der Waals surface area (Å²) in [7, 11) is 3.23. The highest BCUT2D eigenvalue weighted by atomic mass is 16.6. The Morgan fingerprint density at radius 3 is 2.10 bits per heavy atom. The molecule has 5 heteroatoms. The average Bonchev–Trinajstić information content (AvgIpc) is 2.71. The molecule has 2 aromatic carbocycles. The summed E-state index contributed by atoms with van der Waals surface area (Å²) in [6.07, 6.45) is 3.78. The van der Waals surface area contributed by atoms with E-state index in [1.165, 1.54) is 0 Å². The molecular weight excluding hydrogens is 380 g/mol. The number of esters is 1. The lowest BCUT2D eigenvalue weighted by molar-refractivity contribution is -0.154. The predicted octanol–water partition coefficient (Wildman–Crippen LogP) is 5.38. The van der Waals surface area contributed by atoms with Gasteiger partial charge < -0.3 is 14.2 Å². The molecule has 0 atom stereocenters. The van der Waals surface area contributed by atoms with Gasteiger partial charge in [-0.25, -0.2) is 0 Å². The molecule has 0 saturated carbocycles. The first-order valence-electron chi connectivity index (χ1n) is 10.3. The maximum Gasteiger partial charge on any atom is 0.306 e. The summed E-state index contributed by atoms with van der Waals surface area (Å²) >= 11 is 0. The molecule has 30 heavy (non-hydrogen) atoms. The fourth-order valence-electron chi connectivity index (χ4n) is 3.18. The van der Waals surface area contributed by atoms with Crippen LogP contribution in [0.15, 0.2) is 42.5 Å². The maximum absolute atomic E-state index is 12.8. The normalized spacial score (nSPS) is 11.1. The van der Waals surface area contributed by atoms with Gasteiger partial charge in [-0.2, -0.15) is 0 Å². The van der Waals surface area contributed by atoms with Crippen molar-refractivity contribution in [2.24, 2.45) is 0 Å². The summed E-state index contributed by atoms with van der Waals surface area (Å²) in [5.41, 5.74) is 1.80. The Hall–Kier alpha value is -2.82. The second-order valence-corrected chi connectivity index (χ2v) is 8.23. The van der Waals surface area contributed by atoms with Crippen LogP contribution < -0.4 is 9.47 Å². The van der Waals surface area contributed by atoms with Crippen LogP contribution in [0, 0.1) is 0 Å². The molecule has 0 fully saturated rings. The Balaban J connectivity index is 1.95. The third kappa shape index (κ3) is 7.21. The van der Waals surface area contributed by atoms with Crippen molar-refractivity contribution in [2.75, 3.05) is 14.2 Å². The first-order chi connectivity index (χ1) is 14.2. The van der Waals surface area contributed by atoms with Crippen molar-refractivity contribution in [3.63, 3.8) is 0 Å². The van der Waals surface area contributed by atoms with E-state index < -0.39 is 5.60 Å². The van der Waals surface area contributed by atoms with Crippen LogP contribution in [0.2, 0.25) is 0 Å². The lowest BCUT2D eigenvalue weighted by Crippen LogP contribution is -2.23. The van der Waals surface area contributed by atoms with E-state index in [9.17, 15) is 9.59 Å². The monoisotopic (exact) mass is 412 g/mol. The molecule has 0 radical (unpaired) electrons. The molecule has 0 unspecified atom stereocenters. The largest absolute Gasteiger partial charge is 0.497 e. The standard InChI is InChI=1S/C25H32O5/c1-25(2,3)30-23(26)10-8-6-7-9-19-17-20(13-16-22(19)29-5)24(27)18-11-14-21(28-4)15-12-18/h11-17H,6-10H2,1-5H3. The zero-order valence-electron chi connectivity index (χ0n) is 18.6. The van der Waals surface area contributed by atoms with Crippen LogP contribution in [-0.2, 0) is 16.0 Å². The van der Waals surface area contributed by atoms with E-state index in [-0.39, 0.29) is 11.8 Å². The summed E-state index contributed by atoms with van der Waals surface area (Å²) < 4.78 is 15.9. The summed E-state index contributed by atoms with van der Waals surface area (Å²) in [4.78, 5) is 24.6. The number of methoxy groups -OCH3 is 2. The molecule has 0 bridgehead atoms. The number of hydrogen-bond acceptors (Lipinski definition) is 5. The number of carbonyl (C=O) groups excluding carboxylic acids is 2. The lowest BCUT2D eigenvalue weighted by atomic mass is 9.98. The van der Waals surface area contributed by atoms with Crippen molar-refractivity contribution >= 4 is 11.8 Å². The van der Waals surface area contributed by atoms with Crippen LogP contribution in [0.4, 0.5) is 0 Å². The number of ether oxygens (including phenoxy) is 3. The molecule has 5 nitrogen and oxygen atoms in total. The second kappa shape index (κ2) is 10.8. The molecule has 0 amide bonds. The quantitative estimate of drug-likeness (QED) is 0.298. The molecule has 0 heterocycles. The minimum atomic E-state index is -0.443. The molecule has 0 saturated heterocycles. The molecule has 162 valence electrons. The van der Waals surface area contributed by atoms with Gasteiger partial charge in [-0.3, -0.25) is 9.59 Å². The van der Waals surface area contributed by atoms with Gasteiger partial charge in [0.1, 0.15) is 17.1 Å². The van der Waals surface area contributed by atoms with Crippen LogP contribution >= 0.6 is 0 Å². The van der Waals surface area contributed by atoms with Gasteiger partial charge >= 0.3 is 5.97 Å². The summed E-state index contributed by atoms with van der Waals surface area (Å²) in [6, 6.07) is 12.6. The molecule has 0 aliphatic carbocycles. The Morgan fingerprint density at radius 2 is 1.50 bits per heavy atom. The minimum absolute atomic E-state index is 0.0357. The smallest absolute Gasteiger partial charge is 0.306 e. The van der Waals surface area contributed by atoms with Gasteiger partial charge in [0.05, 0.1) is 14.2 Å². The van der Waals surface area contributed by atoms with E-state index in [1.807, 2.05) is 32.9 Å². The van der Waals surface area contributed by atoms with E-state index in [2.05, 4.69) is 0 Å². The van der Waals surface area contributed by atoms with Gasteiger partial charge in [-0.1, -0.05) is 6.42 Å². The molecule has 2 aromatic rings. The van der Waals surface area contributed by atoms with Gasteiger partial charge in [0, 0.05) is 17.5 Å². The van der Waals surface area contributed by atoms with E-state index in [0.29, 0.717) is 23.3 Å². The number of ketones is 1. The number of benzene rings is 2. The predicted molar refractivity (Wildman–Crippen MR) is 117 cm³/mol. The molecular formula is C25H32O5. The Bertz CT molecular complexity index is 847. The molecule has 0 aliphatic rings. The third-order valence-electron chi connectivity index (χ3n) is 4.64. The summed E-state index contributed by atoms with van der Waals surface area (Å²) in [5.74, 6) is 1.29. The maximum atomic E-state index is 12.8. The number of carbonyl (C=O) groups is 2. The number of hydrogen-bond donors (Lipinski definition) is 0. The van der Waals surface area contributed by atoms with Gasteiger partial charge in [0.2, 0.25) is 0 Å². The molecule has 0 spiro atoms. The highest BCUT2D eigenvalue weighted by Crippen LogP contribution is 2.24. The molecule has 0 aromatic heterocycles. The van der Waals surface area contributed by atoms with Crippen LogP contribution in [0.1, 0.15) is 67.9 Å². The van der Waals surface area contributed by atoms with Crippen molar-refractivity contribution in [1.29, 1.82) is 0 Å². The summed E-state index contributed by atoms with van der Waals surface area (Å²) in [5, 5.41) is 0. The fraction of sp³-hybridized carbons (Fsp3) is 0.440. The van der Waals surface area contributed by atoms with Gasteiger partial charge in [0.25, 0.3) is 0 Å². The summed E-state index contributed by atoms with van der Waals surface area (Å²) in [6.45, 7) is 5.62. The molecule has 0 aliphatic heterocycles. The highest BCUT2D eigenvalue weighted by Gasteiger charge is 2.16. The van der Waals surface area contributed by atoms with Gasteiger partial charge in [-0.05, 0) is 88.1 Å². The van der Waals surface area contributed by atoms with Gasteiger partial charge in [-0.15, -0.1) is 0 Å². The first kappa shape index (κ1) is 23.5. The third-order valence-corrected chi connectivity index (χ3v) is 4.64. The van der Waals surface area contributed by atoms with Crippen molar-refractivity contribution < 1.29 is 23.8 Å². The fourth-order valence-corrected chi connectivity index (χ4v) is 3.18. The first-order valence-corrected chi connectivity index (χ1v) is 10.3. The molecule has 0 N–H and O–H groups in total. The lowest BCUT2D eigenvalue weighted by Gasteiger charge is -2.19. The number of unbranched alkanes of at least 4 members (excludes halogenated alkanes) is 2. The Labute approximate surface area is 179 Å². The average molecular weight is 413 g/mol. The van der Waals surface area contributed by atoms with Crippen LogP contribution in [0.5, 0.6) is 11.5 Å². The number of aryl methyl sites for hydroxylation is 1. The molecule has 2 rings (SSSR count). The zero-order valence-corrected chi connectivity index (χ0v) is 18.6. The van der Waals surface area contributed by atoms with Crippen LogP contribution in [-0.4, -0.2) is 31.6 Å². The topological polar surface area (TPSA) is 61.8 Å². The van der Waals surface area contributed by atoms with Gasteiger partial charge in [0.15, 0.2) is 5.78 Å². The second-order valence-electron chi connectivity index (χ2n) is 8.23. The Kier molecular flexibility index (Phi) is 8.46. The highest BCUT2D eigenvalue weighted by molar-refractivity contribution is 6.09. The van der Waals surface area contributed by atoms with E-state index in [4.69, 9.17) is 14.2 Å². The zero-order chi connectivity index (χ0) is 22.1. The van der Waals surface area contributed by atoms with Crippen LogP contribution in [0.3, 0.4) is 0 Å². The van der Waals surface area contributed by atoms with Crippen molar-refractivity contribution in [3.8, 4) is 11.5 Å². The van der Waals surface area contributed by atoms with E-state index in [1.54, 1.807) is 44.6 Å². The Morgan fingerprint density at radius 1 is 0.833 bits per heavy atom. The van der Waals surface area contributed by atoms with Crippen molar-refractivity contribution in [1.82, 2.24) is 0 Å². The minimum Gasteiger partial charge on any atom is -0.497 e. The number of rotatable bonds is 10. The van der Waals surface area contributed by atoms with Crippen molar-refractivity contribution in [2.45, 2.75) is 58.5 Å². The van der Waals surface area contributed by atoms with Crippen LogP contribution in [0.25, 0.3) is 0 Å². The van der Waals surface area contributed by atoms with Crippen molar-refractivity contribution in [3.05, 3.63) is 59.2 Å². The SMILES string of the molecule is COc1ccc(C(=O)c2ccc(OC)c(CCCCCC(=O)OC(C)(C)C)c2)cc1. The van der Waals surface area contributed by atoms with E-state index >= 15 is 0 Å². The van der Waals surface area contributed by atoms with E-state index in [0.717, 1.165) is 37.0 Å².